The van der Waals surface area contributed by atoms with Gasteiger partial charge in [0.2, 0.25) is 5.91 Å². The van der Waals surface area contributed by atoms with Gasteiger partial charge in [-0.1, -0.05) is 0 Å². The summed E-state index contributed by atoms with van der Waals surface area (Å²) in [7, 11) is 0. The van der Waals surface area contributed by atoms with E-state index in [9.17, 15) is 9.59 Å². The van der Waals surface area contributed by atoms with Crippen LogP contribution in [-0.2, 0) is 9.59 Å². The average molecular weight is 268 g/mol. The summed E-state index contributed by atoms with van der Waals surface area (Å²) in [4.78, 5) is 22.9. The maximum Gasteiger partial charge on any atom is 0.329 e. The molecule has 1 aliphatic heterocycles. The number of carboxylic acids is 1. The van der Waals surface area contributed by atoms with Crippen molar-refractivity contribution < 1.29 is 19.1 Å². The fourth-order valence-electron chi connectivity index (χ4n) is 1.73. The molecule has 6 nitrogen and oxygen atoms in total. The highest BCUT2D eigenvalue weighted by atomic mass is 32.1. The van der Waals surface area contributed by atoms with E-state index in [2.05, 4.69) is 17.7 Å². The SMILES string of the molecule is O=C(O)C1CC(c2ccco2)=NN1C(=O)CCS. The smallest absolute Gasteiger partial charge is 0.329 e. The van der Waals surface area contributed by atoms with E-state index in [0.29, 0.717) is 17.2 Å². The Bertz CT molecular complexity index is 483. The third-order valence-corrected chi connectivity index (χ3v) is 2.81. The first-order chi connectivity index (χ1) is 8.63. The van der Waals surface area contributed by atoms with Crippen molar-refractivity contribution in [1.82, 2.24) is 5.01 Å². The largest absolute Gasteiger partial charge is 0.480 e. The Morgan fingerprint density at radius 3 is 2.94 bits per heavy atom. The van der Waals surface area contributed by atoms with Crippen LogP contribution in [0.4, 0.5) is 0 Å². The van der Waals surface area contributed by atoms with E-state index in [-0.39, 0.29) is 18.7 Å². The Kier molecular flexibility index (Phi) is 3.71. The minimum absolute atomic E-state index is 0.154. The van der Waals surface area contributed by atoms with Gasteiger partial charge in [0, 0.05) is 12.8 Å². The molecule has 0 saturated carbocycles. The Morgan fingerprint density at radius 1 is 1.61 bits per heavy atom. The van der Waals surface area contributed by atoms with Gasteiger partial charge < -0.3 is 9.52 Å². The number of hydrogen-bond acceptors (Lipinski definition) is 5. The Hall–Kier alpha value is -1.76. The molecule has 0 aliphatic carbocycles. The highest BCUT2D eigenvalue weighted by Crippen LogP contribution is 2.21. The second-order valence-electron chi connectivity index (χ2n) is 3.79. The number of carbonyl (C=O) groups is 2. The van der Waals surface area contributed by atoms with Gasteiger partial charge in [-0.3, -0.25) is 4.79 Å². The van der Waals surface area contributed by atoms with Crippen molar-refractivity contribution in [3.05, 3.63) is 24.2 Å². The van der Waals surface area contributed by atoms with Gasteiger partial charge in [0.25, 0.3) is 0 Å². The van der Waals surface area contributed by atoms with E-state index < -0.39 is 12.0 Å². The number of nitrogens with zero attached hydrogens (tertiary/aromatic N) is 2. The van der Waals surface area contributed by atoms with Crippen LogP contribution in [0.15, 0.2) is 27.9 Å². The second kappa shape index (κ2) is 5.26. The number of aliphatic carboxylic acids is 1. The number of carbonyl (C=O) groups excluding carboxylic acids is 1. The first kappa shape index (κ1) is 12.7. The van der Waals surface area contributed by atoms with Gasteiger partial charge in [-0.2, -0.15) is 17.7 Å². The lowest BCUT2D eigenvalue weighted by atomic mass is 10.1. The van der Waals surface area contributed by atoms with Crippen molar-refractivity contribution in [1.29, 1.82) is 0 Å². The third kappa shape index (κ3) is 2.40. The van der Waals surface area contributed by atoms with Crippen LogP contribution >= 0.6 is 12.6 Å². The van der Waals surface area contributed by atoms with Crippen molar-refractivity contribution >= 4 is 30.2 Å². The fraction of sp³-hybridized carbons (Fsp3) is 0.364. The Labute approximate surface area is 109 Å². The zero-order chi connectivity index (χ0) is 13.1. The number of hydrogen-bond donors (Lipinski definition) is 2. The standard InChI is InChI=1S/C11H12N2O4S/c14-10(3-5-18)13-8(11(15)16)6-7(12-13)9-2-1-4-17-9/h1-2,4,8,18H,3,5-6H2,(H,15,16). The quantitative estimate of drug-likeness (QED) is 0.798. The summed E-state index contributed by atoms with van der Waals surface area (Å²) in [5, 5.41) is 14.2. The Morgan fingerprint density at radius 2 is 2.39 bits per heavy atom. The molecule has 2 heterocycles. The summed E-state index contributed by atoms with van der Waals surface area (Å²) in [6, 6.07) is 2.41. The fourth-order valence-corrected chi connectivity index (χ4v) is 1.93. The first-order valence-corrected chi connectivity index (χ1v) is 6.04. The highest BCUT2D eigenvalue weighted by molar-refractivity contribution is 7.80. The maximum absolute atomic E-state index is 11.8. The molecule has 0 fully saturated rings. The van der Waals surface area contributed by atoms with Crippen LogP contribution < -0.4 is 0 Å². The molecule has 0 bridgehead atoms. The van der Waals surface area contributed by atoms with Gasteiger partial charge in [0.15, 0.2) is 6.04 Å². The van der Waals surface area contributed by atoms with Gasteiger partial charge in [0.05, 0.1) is 6.26 Å². The molecule has 1 aromatic heterocycles. The third-order valence-electron chi connectivity index (χ3n) is 2.58. The van der Waals surface area contributed by atoms with Crippen molar-refractivity contribution in [3.63, 3.8) is 0 Å². The lowest BCUT2D eigenvalue weighted by Crippen LogP contribution is -2.38. The predicted octanol–water partition coefficient (Wildman–Crippen LogP) is 0.989. The Balaban J connectivity index is 2.23. The van der Waals surface area contributed by atoms with E-state index in [1.165, 1.54) is 6.26 Å². The molecule has 0 radical (unpaired) electrons. The van der Waals surface area contributed by atoms with Gasteiger partial charge >= 0.3 is 5.97 Å². The number of furan rings is 1. The molecule has 7 heteroatoms. The summed E-state index contributed by atoms with van der Waals surface area (Å²) in [6.07, 6.45) is 1.79. The summed E-state index contributed by atoms with van der Waals surface area (Å²) in [6.45, 7) is 0. The summed E-state index contributed by atoms with van der Waals surface area (Å²) >= 11 is 3.95. The topological polar surface area (TPSA) is 83.1 Å². The van der Waals surface area contributed by atoms with Crippen LogP contribution in [-0.4, -0.2) is 39.5 Å². The molecule has 1 aromatic rings. The van der Waals surface area contributed by atoms with Gasteiger partial charge in [-0.05, 0) is 17.9 Å². The van der Waals surface area contributed by atoms with Crippen molar-refractivity contribution in [2.45, 2.75) is 18.9 Å². The highest BCUT2D eigenvalue weighted by Gasteiger charge is 2.37. The number of thiol groups is 1. The van der Waals surface area contributed by atoms with E-state index in [0.717, 1.165) is 5.01 Å². The second-order valence-corrected chi connectivity index (χ2v) is 4.24. The predicted molar refractivity (Wildman–Crippen MR) is 66.6 cm³/mol. The molecule has 18 heavy (non-hydrogen) atoms. The molecular formula is C11H12N2O4S. The van der Waals surface area contributed by atoms with Gasteiger partial charge in [0.1, 0.15) is 11.5 Å². The van der Waals surface area contributed by atoms with E-state index >= 15 is 0 Å². The van der Waals surface area contributed by atoms with Gasteiger partial charge in [-0.25, -0.2) is 9.80 Å². The molecule has 1 amide bonds. The number of carboxylic acid groups (broad SMARTS) is 1. The monoisotopic (exact) mass is 268 g/mol. The number of amides is 1. The number of hydrazone groups is 1. The lowest BCUT2D eigenvalue weighted by molar-refractivity contribution is -0.148. The van der Waals surface area contributed by atoms with Crippen molar-refractivity contribution in [2.24, 2.45) is 5.10 Å². The lowest BCUT2D eigenvalue weighted by Gasteiger charge is -2.17. The first-order valence-electron chi connectivity index (χ1n) is 5.40. The molecule has 1 unspecified atom stereocenters. The van der Waals surface area contributed by atoms with Crippen LogP contribution in [0.1, 0.15) is 18.6 Å². The zero-order valence-electron chi connectivity index (χ0n) is 9.44. The summed E-state index contributed by atoms with van der Waals surface area (Å²) in [5.41, 5.74) is 0.472. The normalized spacial score (nSPS) is 18.8. The number of rotatable bonds is 4. The van der Waals surface area contributed by atoms with E-state index in [4.69, 9.17) is 9.52 Å². The maximum atomic E-state index is 11.8. The molecule has 0 saturated heterocycles. The van der Waals surface area contributed by atoms with Crippen LogP contribution in [0, 0.1) is 0 Å². The summed E-state index contributed by atoms with van der Waals surface area (Å²) in [5.74, 6) is -0.581. The molecule has 1 aliphatic rings. The van der Waals surface area contributed by atoms with Crippen molar-refractivity contribution in [3.8, 4) is 0 Å². The van der Waals surface area contributed by atoms with Crippen LogP contribution in [0.5, 0.6) is 0 Å². The molecule has 0 spiro atoms. The van der Waals surface area contributed by atoms with E-state index in [1.807, 2.05) is 0 Å². The van der Waals surface area contributed by atoms with Crippen molar-refractivity contribution in [2.75, 3.05) is 5.75 Å². The minimum Gasteiger partial charge on any atom is -0.480 e. The molecule has 1 N–H and O–H groups in total. The molecule has 2 rings (SSSR count). The van der Waals surface area contributed by atoms with Crippen LogP contribution in [0.25, 0.3) is 0 Å². The minimum atomic E-state index is -1.08. The zero-order valence-corrected chi connectivity index (χ0v) is 10.3. The molecule has 96 valence electrons. The van der Waals surface area contributed by atoms with Gasteiger partial charge in [-0.15, -0.1) is 0 Å². The molecular weight excluding hydrogens is 256 g/mol. The average Bonchev–Trinajstić information content (AvgIpc) is 2.98. The van der Waals surface area contributed by atoms with Crippen LogP contribution in [0.3, 0.4) is 0 Å². The van der Waals surface area contributed by atoms with E-state index in [1.54, 1.807) is 12.1 Å². The van der Waals surface area contributed by atoms with Crippen LogP contribution in [0.2, 0.25) is 0 Å². The molecule has 1 atom stereocenters. The summed E-state index contributed by atoms with van der Waals surface area (Å²) < 4.78 is 5.16. The molecule has 0 aromatic carbocycles.